The first-order valence-electron chi connectivity index (χ1n) is 6.34. The lowest BCUT2D eigenvalue weighted by molar-refractivity contribution is -0.142. The highest BCUT2D eigenvalue weighted by Crippen LogP contribution is 2.33. The topological polar surface area (TPSA) is 92.4 Å². The van der Waals surface area contributed by atoms with Crippen molar-refractivity contribution in [3.8, 4) is 0 Å². The molecule has 2 unspecified atom stereocenters. The number of carboxylic acid groups (broad SMARTS) is 1. The summed E-state index contributed by atoms with van der Waals surface area (Å²) in [5, 5.41) is 11.6. The van der Waals surface area contributed by atoms with Crippen LogP contribution in [0.1, 0.15) is 30.0 Å². The summed E-state index contributed by atoms with van der Waals surface area (Å²) in [6.45, 7) is 1.95. The van der Waals surface area contributed by atoms with Crippen molar-refractivity contribution in [3.05, 3.63) is 35.4 Å². The van der Waals surface area contributed by atoms with Crippen molar-refractivity contribution >= 4 is 11.9 Å². The van der Waals surface area contributed by atoms with Crippen molar-refractivity contribution in [2.45, 2.75) is 31.8 Å². The fraction of sp³-hybridized carbons (Fsp3) is 0.429. The number of benzene rings is 1. The van der Waals surface area contributed by atoms with E-state index in [0.29, 0.717) is 5.56 Å². The summed E-state index contributed by atoms with van der Waals surface area (Å²) in [4.78, 5) is 23.0. The van der Waals surface area contributed by atoms with E-state index in [9.17, 15) is 9.59 Å². The summed E-state index contributed by atoms with van der Waals surface area (Å²) in [6.07, 6.45) is 1.69. The third kappa shape index (κ3) is 3.32. The first kappa shape index (κ1) is 13.5. The Labute approximate surface area is 111 Å². The van der Waals surface area contributed by atoms with E-state index >= 15 is 0 Å². The number of hydrogen-bond acceptors (Lipinski definition) is 3. The molecule has 0 aromatic heterocycles. The highest BCUT2D eigenvalue weighted by Gasteiger charge is 2.38. The Kier molecular flexibility index (Phi) is 3.85. The van der Waals surface area contributed by atoms with Gasteiger partial charge in [-0.1, -0.05) is 29.8 Å². The van der Waals surface area contributed by atoms with Crippen molar-refractivity contribution in [2.24, 2.45) is 11.7 Å². The maximum atomic E-state index is 12.0. The van der Waals surface area contributed by atoms with Crippen LogP contribution in [0.15, 0.2) is 24.3 Å². The Hall–Kier alpha value is -1.88. The Morgan fingerprint density at radius 1 is 1.32 bits per heavy atom. The number of aliphatic carboxylic acids is 1. The Balaban J connectivity index is 2.02. The molecule has 1 aromatic carbocycles. The zero-order valence-corrected chi connectivity index (χ0v) is 10.8. The summed E-state index contributed by atoms with van der Waals surface area (Å²) in [6, 6.07) is 5.67. The maximum absolute atomic E-state index is 12.0. The fourth-order valence-electron chi connectivity index (χ4n) is 1.98. The van der Waals surface area contributed by atoms with Crippen LogP contribution >= 0.6 is 0 Å². The minimum Gasteiger partial charge on any atom is -0.480 e. The maximum Gasteiger partial charge on any atom is 0.326 e. The molecule has 1 aliphatic carbocycles. The van der Waals surface area contributed by atoms with Crippen LogP contribution < -0.4 is 11.1 Å². The molecule has 19 heavy (non-hydrogen) atoms. The van der Waals surface area contributed by atoms with Crippen LogP contribution in [0.3, 0.4) is 0 Å². The van der Waals surface area contributed by atoms with E-state index in [4.69, 9.17) is 10.8 Å². The zero-order chi connectivity index (χ0) is 14.0. The summed E-state index contributed by atoms with van der Waals surface area (Å²) >= 11 is 0. The normalized spacial score (nSPS) is 17.6. The molecule has 0 radical (unpaired) electrons. The summed E-state index contributed by atoms with van der Waals surface area (Å²) in [5.74, 6) is -1.39. The summed E-state index contributed by atoms with van der Waals surface area (Å²) in [5.41, 5.74) is 7.62. The van der Waals surface area contributed by atoms with Gasteiger partial charge in [0.15, 0.2) is 0 Å². The molecule has 5 heteroatoms. The van der Waals surface area contributed by atoms with Gasteiger partial charge in [-0.2, -0.15) is 0 Å². The number of carbonyl (C=O) groups excluding carboxylic acids is 1. The van der Waals surface area contributed by atoms with Gasteiger partial charge in [-0.3, -0.25) is 4.79 Å². The number of rotatable bonds is 5. The highest BCUT2D eigenvalue weighted by atomic mass is 16.4. The lowest BCUT2D eigenvalue weighted by Crippen LogP contribution is -2.46. The van der Waals surface area contributed by atoms with Gasteiger partial charge in [-0.15, -0.1) is 0 Å². The van der Waals surface area contributed by atoms with Crippen LogP contribution in [0.2, 0.25) is 0 Å². The second-order valence-electron chi connectivity index (χ2n) is 5.05. The van der Waals surface area contributed by atoms with Crippen molar-refractivity contribution in [1.29, 1.82) is 0 Å². The van der Waals surface area contributed by atoms with E-state index < -0.39 is 24.0 Å². The molecule has 1 fully saturated rings. The average Bonchev–Trinajstić information content (AvgIpc) is 3.19. The van der Waals surface area contributed by atoms with Crippen molar-refractivity contribution in [3.63, 3.8) is 0 Å². The first-order chi connectivity index (χ1) is 8.99. The van der Waals surface area contributed by atoms with Gasteiger partial charge in [0.05, 0.1) is 0 Å². The molecular formula is C14H18N2O3. The van der Waals surface area contributed by atoms with E-state index in [1.54, 1.807) is 12.1 Å². The number of amides is 1. The third-order valence-electron chi connectivity index (χ3n) is 3.38. The van der Waals surface area contributed by atoms with E-state index in [0.717, 1.165) is 18.4 Å². The second kappa shape index (κ2) is 5.40. The largest absolute Gasteiger partial charge is 0.480 e. The fourth-order valence-corrected chi connectivity index (χ4v) is 1.98. The van der Waals surface area contributed by atoms with Crippen molar-refractivity contribution < 1.29 is 14.7 Å². The molecule has 0 bridgehead atoms. The van der Waals surface area contributed by atoms with Crippen LogP contribution in [-0.2, 0) is 9.59 Å². The van der Waals surface area contributed by atoms with Gasteiger partial charge in [-0.25, -0.2) is 4.79 Å². The van der Waals surface area contributed by atoms with Gasteiger partial charge in [0.25, 0.3) is 0 Å². The van der Waals surface area contributed by atoms with Crippen LogP contribution in [0.5, 0.6) is 0 Å². The van der Waals surface area contributed by atoms with E-state index in [1.807, 2.05) is 19.1 Å². The second-order valence-corrected chi connectivity index (χ2v) is 5.05. The lowest BCUT2D eigenvalue weighted by Gasteiger charge is -2.17. The molecule has 2 rings (SSSR count). The molecule has 5 nitrogen and oxygen atoms in total. The minimum atomic E-state index is -0.994. The van der Waals surface area contributed by atoms with Crippen LogP contribution in [0.4, 0.5) is 0 Å². The molecule has 1 amide bonds. The predicted octanol–water partition coefficient (Wildman–Crippen LogP) is 0.974. The molecule has 1 aromatic rings. The molecule has 0 heterocycles. The monoisotopic (exact) mass is 262 g/mol. The first-order valence-corrected chi connectivity index (χ1v) is 6.34. The number of nitrogens with two attached hydrogens (primary N) is 1. The molecule has 0 spiro atoms. The Bertz CT molecular complexity index is 480. The van der Waals surface area contributed by atoms with Gasteiger partial charge in [-0.05, 0) is 31.2 Å². The predicted molar refractivity (Wildman–Crippen MR) is 70.4 cm³/mol. The van der Waals surface area contributed by atoms with Gasteiger partial charge in [0, 0.05) is 0 Å². The number of carbonyl (C=O) groups is 2. The molecular weight excluding hydrogens is 244 g/mol. The minimum absolute atomic E-state index is 0.0478. The highest BCUT2D eigenvalue weighted by molar-refractivity contribution is 5.88. The third-order valence-corrected chi connectivity index (χ3v) is 3.38. The quantitative estimate of drug-likeness (QED) is 0.737. The molecule has 4 N–H and O–H groups in total. The molecule has 0 saturated heterocycles. The van der Waals surface area contributed by atoms with E-state index in [2.05, 4.69) is 5.32 Å². The van der Waals surface area contributed by atoms with Crippen molar-refractivity contribution in [2.75, 3.05) is 0 Å². The Morgan fingerprint density at radius 2 is 1.89 bits per heavy atom. The lowest BCUT2D eigenvalue weighted by atomic mass is 10.0. The summed E-state index contributed by atoms with van der Waals surface area (Å²) in [7, 11) is 0. The van der Waals surface area contributed by atoms with E-state index in [-0.39, 0.29) is 5.92 Å². The summed E-state index contributed by atoms with van der Waals surface area (Å²) < 4.78 is 0. The molecule has 102 valence electrons. The average molecular weight is 262 g/mol. The number of carboxylic acids is 1. The Morgan fingerprint density at radius 3 is 2.37 bits per heavy atom. The van der Waals surface area contributed by atoms with E-state index in [1.165, 1.54) is 0 Å². The SMILES string of the molecule is Cc1ccc(C(N)C(=O)NC(C(=O)O)C2CC2)cc1. The molecule has 2 atom stereocenters. The molecule has 1 aliphatic rings. The van der Waals surface area contributed by atoms with Crippen LogP contribution in [-0.4, -0.2) is 23.0 Å². The standard InChI is InChI=1S/C14H18N2O3/c1-8-2-4-9(5-3-8)11(15)13(17)16-12(14(18)19)10-6-7-10/h2-5,10-12H,6-7,15H2,1H3,(H,16,17)(H,18,19). The van der Waals surface area contributed by atoms with Crippen LogP contribution in [0, 0.1) is 12.8 Å². The van der Waals surface area contributed by atoms with Gasteiger partial charge in [0.2, 0.25) is 5.91 Å². The zero-order valence-electron chi connectivity index (χ0n) is 10.8. The molecule has 1 saturated carbocycles. The van der Waals surface area contributed by atoms with Gasteiger partial charge < -0.3 is 16.2 Å². The smallest absolute Gasteiger partial charge is 0.326 e. The van der Waals surface area contributed by atoms with Gasteiger partial charge in [0.1, 0.15) is 12.1 Å². The van der Waals surface area contributed by atoms with Crippen LogP contribution in [0.25, 0.3) is 0 Å². The van der Waals surface area contributed by atoms with Gasteiger partial charge >= 0.3 is 5.97 Å². The van der Waals surface area contributed by atoms with Crippen molar-refractivity contribution in [1.82, 2.24) is 5.32 Å². The molecule has 0 aliphatic heterocycles. The number of hydrogen-bond donors (Lipinski definition) is 3. The number of aryl methyl sites for hydroxylation is 1. The number of nitrogens with one attached hydrogen (secondary N) is 1.